The number of aliphatic hydroxyl groups excluding tert-OH is 1. The number of hydrogen-bond acceptors (Lipinski definition) is 2. The van der Waals surface area contributed by atoms with Crippen LogP contribution in [0.3, 0.4) is 0 Å². The van der Waals surface area contributed by atoms with Crippen molar-refractivity contribution >= 4 is 17.4 Å². The van der Waals surface area contributed by atoms with Crippen molar-refractivity contribution < 1.29 is 9.90 Å². The average Bonchev–Trinajstić information content (AvgIpc) is 3.00. The Morgan fingerprint density at radius 1 is 1.00 bits per heavy atom. The van der Waals surface area contributed by atoms with Crippen LogP contribution in [0.5, 0.6) is 0 Å². The molecule has 4 nitrogen and oxygen atoms in total. The molecule has 2 N–H and O–H groups in total. The van der Waals surface area contributed by atoms with E-state index in [2.05, 4.69) is 5.32 Å². The van der Waals surface area contributed by atoms with Gasteiger partial charge in [0.1, 0.15) is 0 Å². The molecule has 0 aromatic heterocycles. The molecule has 1 saturated carbocycles. The summed E-state index contributed by atoms with van der Waals surface area (Å²) in [4.78, 5) is 14.4. The molecule has 3 rings (SSSR count). The zero-order valence-electron chi connectivity index (χ0n) is 13.1. The second kappa shape index (κ2) is 7.29. The van der Waals surface area contributed by atoms with Crippen LogP contribution in [0.25, 0.3) is 0 Å². The second-order valence-electron chi connectivity index (χ2n) is 5.95. The van der Waals surface area contributed by atoms with E-state index in [0.717, 1.165) is 30.6 Å². The quantitative estimate of drug-likeness (QED) is 0.905. The van der Waals surface area contributed by atoms with Gasteiger partial charge in [-0.2, -0.15) is 0 Å². The van der Waals surface area contributed by atoms with Gasteiger partial charge < -0.3 is 10.4 Å². The Labute approximate surface area is 136 Å². The van der Waals surface area contributed by atoms with E-state index in [1.54, 1.807) is 4.90 Å². The third-order valence-corrected chi connectivity index (χ3v) is 4.37. The lowest BCUT2D eigenvalue weighted by Crippen LogP contribution is -2.40. The molecule has 0 bridgehead atoms. The minimum atomic E-state index is -0.294. The van der Waals surface area contributed by atoms with Crippen molar-refractivity contribution in [3.63, 3.8) is 0 Å². The van der Waals surface area contributed by atoms with E-state index in [4.69, 9.17) is 0 Å². The largest absolute Gasteiger partial charge is 0.393 e. The molecule has 1 aliphatic rings. The molecule has 0 unspecified atom stereocenters. The molecule has 2 aromatic rings. The Morgan fingerprint density at radius 2 is 1.57 bits per heavy atom. The number of nitrogens with zero attached hydrogens (tertiary/aromatic N) is 1. The molecule has 1 fully saturated rings. The fourth-order valence-corrected chi connectivity index (χ4v) is 3.09. The third kappa shape index (κ3) is 3.71. The molecule has 120 valence electrons. The van der Waals surface area contributed by atoms with E-state index in [1.165, 1.54) is 0 Å². The Morgan fingerprint density at radius 3 is 2.04 bits per heavy atom. The monoisotopic (exact) mass is 310 g/mol. The van der Waals surface area contributed by atoms with Crippen molar-refractivity contribution in [2.75, 3.05) is 11.4 Å². The van der Waals surface area contributed by atoms with Gasteiger partial charge in [-0.3, -0.25) is 4.90 Å². The minimum Gasteiger partial charge on any atom is -0.393 e. The highest BCUT2D eigenvalue weighted by atomic mass is 16.3. The molecule has 0 radical (unpaired) electrons. The second-order valence-corrected chi connectivity index (χ2v) is 5.95. The van der Waals surface area contributed by atoms with E-state index in [9.17, 15) is 9.90 Å². The SMILES string of the molecule is O=C(NC[C@H]1CCC[C@@H]1O)N(c1ccccc1)c1ccccc1. The van der Waals surface area contributed by atoms with Gasteiger partial charge in [0.05, 0.1) is 17.5 Å². The summed E-state index contributed by atoms with van der Waals surface area (Å²) in [6, 6.07) is 19.0. The van der Waals surface area contributed by atoms with Crippen molar-refractivity contribution in [3.05, 3.63) is 60.7 Å². The summed E-state index contributed by atoms with van der Waals surface area (Å²) >= 11 is 0. The van der Waals surface area contributed by atoms with Gasteiger partial charge in [-0.05, 0) is 37.1 Å². The summed E-state index contributed by atoms with van der Waals surface area (Å²) in [6.07, 6.45) is 2.54. The first-order valence-electron chi connectivity index (χ1n) is 8.12. The van der Waals surface area contributed by atoms with Crippen molar-refractivity contribution in [1.82, 2.24) is 5.32 Å². The Bertz CT molecular complexity index is 591. The van der Waals surface area contributed by atoms with Gasteiger partial charge in [0.2, 0.25) is 0 Å². The molecule has 0 saturated heterocycles. The van der Waals surface area contributed by atoms with Gasteiger partial charge in [-0.1, -0.05) is 42.8 Å². The average molecular weight is 310 g/mol. The van der Waals surface area contributed by atoms with Crippen molar-refractivity contribution in [2.24, 2.45) is 5.92 Å². The molecular weight excluding hydrogens is 288 g/mol. The predicted molar refractivity (Wildman–Crippen MR) is 91.8 cm³/mol. The van der Waals surface area contributed by atoms with Gasteiger partial charge in [0.15, 0.2) is 0 Å². The topological polar surface area (TPSA) is 52.6 Å². The highest BCUT2D eigenvalue weighted by Gasteiger charge is 2.26. The van der Waals surface area contributed by atoms with Gasteiger partial charge in [0.25, 0.3) is 0 Å². The number of hydrogen-bond donors (Lipinski definition) is 2. The molecule has 1 aliphatic carbocycles. The molecule has 0 heterocycles. The maximum absolute atomic E-state index is 12.7. The number of carbonyl (C=O) groups excluding carboxylic acids is 1. The summed E-state index contributed by atoms with van der Waals surface area (Å²) in [6.45, 7) is 0.510. The molecule has 4 heteroatoms. The first-order chi connectivity index (χ1) is 11.3. The van der Waals surface area contributed by atoms with Crippen LogP contribution in [0.15, 0.2) is 60.7 Å². The van der Waals surface area contributed by atoms with Crippen molar-refractivity contribution in [2.45, 2.75) is 25.4 Å². The van der Waals surface area contributed by atoms with Crippen molar-refractivity contribution in [1.29, 1.82) is 0 Å². The minimum absolute atomic E-state index is 0.160. The van der Waals surface area contributed by atoms with E-state index in [1.807, 2.05) is 60.7 Å². The van der Waals surface area contributed by atoms with Crippen molar-refractivity contribution in [3.8, 4) is 0 Å². The van der Waals surface area contributed by atoms with Crippen LogP contribution in [0.4, 0.5) is 16.2 Å². The van der Waals surface area contributed by atoms with E-state index < -0.39 is 0 Å². The lowest BCUT2D eigenvalue weighted by Gasteiger charge is -2.25. The number of amides is 2. The zero-order chi connectivity index (χ0) is 16.1. The standard InChI is InChI=1S/C19H22N2O2/c22-18-13-7-8-15(18)14-20-19(23)21(16-9-3-1-4-10-16)17-11-5-2-6-12-17/h1-6,9-12,15,18,22H,7-8,13-14H2,(H,20,23)/t15-,18+/m1/s1. The van der Waals surface area contributed by atoms with Crippen LogP contribution < -0.4 is 10.2 Å². The number of carbonyl (C=O) groups is 1. The molecule has 0 aliphatic heterocycles. The molecular formula is C19H22N2O2. The number of anilines is 2. The Kier molecular flexibility index (Phi) is 4.93. The summed E-state index contributed by atoms with van der Waals surface area (Å²) in [5.74, 6) is 0.160. The summed E-state index contributed by atoms with van der Waals surface area (Å²) in [5, 5.41) is 12.9. The van der Waals surface area contributed by atoms with Gasteiger partial charge in [-0.15, -0.1) is 0 Å². The van der Waals surface area contributed by atoms with Gasteiger partial charge in [0, 0.05) is 12.5 Å². The summed E-state index contributed by atoms with van der Waals surface area (Å²) in [5.41, 5.74) is 1.64. The molecule has 0 spiro atoms. The zero-order valence-corrected chi connectivity index (χ0v) is 13.1. The summed E-state index contributed by atoms with van der Waals surface area (Å²) in [7, 11) is 0. The number of para-hydroxylation sites is 2. The fraction of sp³-hybridized carbons (Fsp3) is 0.316. The van der Waals surface area contributed by atoms with E-state index in [0.29, 0.717) is 6.54 Å². The van der Waals surface area contributed by atoms with Crippen LogP contribution >= 0.6 is 0 Å². The normalized spacial score (nSPS) is 20.2. The number of urea groups is 1. The van der Waals surface area contributed by atoms with E-state index >= 15 is 0 Å². The Balaban J connectivity index is 1.77. The number of benzene rings is 2. The third-order valence-electron chi connectivity index (χ3n) is 4.37. The van der Waals surface area contributed by atoms with Crippen LogP contribution in [-0.4, -0.2) is 23.8 Å². The predicted octanol–water partition coefficient (Wildman–Crippen LogP) is 3.70. The lowest BCUT2D eigenvalue weighted by molar-refractivity contribution is 0.133. The Hall–Kier alpha value is -2.33. The van der Waals surface area contributed by atoms with Gasteiger partial charge in [-0.25, -0.2) is 4.79 Å². The number of rotatable bonds is 4. The maximum Gasteiger partial charge on any atom is 0.326 e. The number of nitrogens with one attached hydrogen (secondary N) is 1. The number of aliphatic hydroxyl groups is 1. The maximum atomic E-state index is 12.7. The highest BCUT2D eigenvalue weighted by Crippen LogP contribution is 2.27. The lowest BCUT2D eigenvalue weighted by atomic mass is 10.1. The van der Waals surface area contributed by atoms with Crippen LogP contribution in [0.2, 0.25) is 0 Å². The smallest absolute Gasteiger partial charge is 0.326 e. The molecule has 23 heavy (non-hydrogen) atoms. The molecule has 2 aromatic carbocycles. The summed E-state index contributed by atoms with van der Waals surface area (Å²) < 4.78 is 0. The van der Waals surface area contributed by atoms with Crippen LogP contribution in [0.1, 0.15) is 19.3 Å². The fourth-order valence-electron chi connectivity index (χ4n) is 3.09. The molecule has 2 amide bonds. The van der Waals surface area contributed by atoms with E-state index in [-0.39, 0.29) is 18.1 Å². The first kappa shape index (κ1) is 15.6. The van der Waals surface area contributed by atoms with Crippen LogP contribution in [0, 0.1) is 5.92 Å². The highest BCUT2D eigenvalue weighted by molar-refractivity contribution is 5.99. The first-order valence-corrected chi connectivity index (χ1v) is 8.12. The van der Waals surface area contributed by atoms with Crippen LogP contribution in [-0.2, 0) is 0 Å². The van der Waals surface area contributed by atoms with Gasteiger partial charge >= 0.3 is 6.03 Å². The molecule has 2 atom stereocenters.